The van der Waals surface area contributed by atoms with Gasteiger partial charge in [-0.3, -0.25) is 4.79 Å². The third-order valence-corrected chi connectivity index (χ3v) is 8.79. The number of nitrogens with zero attached hydrogens (tertiary/aromatic N) is 1. The van der Waals surface area contributed by atoms with E-state index in [1.54, 1.807) is 12.3 Å². The molecule has 3 aromatic rings. The minimum atomic E-state index is -3.62. The molecule has 0 atom stereocenters. The zero-order chi connectivity index (χ0) is 27.1. The van der Waals surface area contributed by atoms with Crippen molar-refractivity contribution in [2.45, 2.75) is 31.1 Å². The Kier molecular flexibility index (Phi) is 8.93. The van der Waals surface area contributed by atoms with Crippen LogP contribution in [0.4, 0.5) is 5.00 Å². The Morgan fingerprint density at radius 1 is 0.921 bits per heavy atom. The number of piperidine rings is 1. The van der Waals surface area contributed by atoms with Gasteiger partial charge in [-0.2, -0.15) is 4.31 Å². The second-order valence-corrected chi connectivity index (χ2v) is 11.4. The van der Waals surface area contributed by atoms with Gasteiger partial charge in [0.25, 0.3) is 5.91 Å². The number of benzene rings is 2. The first kappa shape index (κ1) is 27.5. The van der Waals surface area contributed by atoms with Crippen LogP contribution in [-0.4, -0.2) is 56.9 Å². The van der Waals surface area contributed by atoms with Gasteiger partial charge < -0.3 is 14.8 Å². The van der Waals surface area contributed by atoms with Crippen molar-refractivity contribution in [3.05, 3.63) is 71.1 Å². The SMILES string of the molecule is CCOC(=O)c1c(-c2ccccc2)csc1NC(=O)COC(=O)c1ccc(S(=O)(=O)N2CCCCC2)cc1. The molecule has 0 saturated carbocycles. The van der Waals surface area contributed by atoms with E-state index in [0.29, 0.717) is 18.7 Å². The van der Waals surface area contributed by atoms with Crippen molar-refractivity contribution in [2.24, 2.45) is 0 Å². The van der Waals surface area contributed by atoms with Crippen molar-refractivity contribution in [1.82, 2.24) is 4.31 Å². The van der Waals surface area contributed by atoms with E-state index in [4.69, 9.17) is 9.47 Å². The Morgan fingerprint density at radius 3 is 2.26 bits per heavy atom. The summed E-state index contributed by atoms with van der Waals surface area (Å²) in [6.07, 6.45) is 2.66. The van der Waals surface area contributed by atoms with Crippen LogP contribution in [0.5, 0.6) is 0 Å². The van der Waals surface area contributed by atoms with Gasteiger partial charge >= 0.3 is 11.9 Å². The van der Waals surface area contributed by atoms with E-state index in [0.717, 1.165) is 24.8 Å². The lowest BCUT2D eigenvalue weighted by Crippen LogP contribution is -2.35. The summed E-state index contributed by atoms with van der Waals surface area (Å²) in [6.45, 7) is 2.24. The number of thiophene rings is 1. The lowest BCUT2D eigenvalue weighted by molar-refractivity contribution is -0.119. The number of ether oxygens (including phenoxy) is 2. The minimum Gasteiger partial charge on any atom is -0.462 e. The maximum atomic E-state index is 12.8. The number of sulfonamides is 1. The van der Waals surface area contributed by atoms with Gasteiger partial charge in [-0.1, -0.05) is 36.8 Å². The molecule has 1 aromatic heterocycles. The molecule has 1 N–H and O–H groups in total. The fourth-order valence-electron chi connectivity index (χ4n) is 4.08. The molecule has 0 radical (unpaired) electrons. The summed E-state index contributed by atoms with van der Waals surface area (Å²) in [4.78, 5) is 37.8. The number of hydrogen-bond acceptors (Lipinski definition) is 8. The number of carbonyl (C=O) groups excluding carboxylic acids is 3. The topological polar surface area (TPSA) is 119 Å². The minimum absolute atomic E-state index is 0.104. The van der Waals surface area contributed by atoms with Gasteiger partial charge in [-0.25, -0.2) is 18.0 Å². The normalized spacial score (nSPS) is 14.0. The average Bonchev–Trinajstić information content (AvgIpc) is 3.36. The predicted molar refractivity (Wildman–Crippen MR) is 144 cm³/mol. The Balaban J connectivity index is 1.40. The fraction of sp³-hybridized carbons (Fsp3) is 0.296. The lowest BCUT2D eigenvalue weighted by atomic mass is 10.0. The summed E-state index contributed by atoms with van der Waals surface area (Å²) >= 11 is 1.17. The van der Waals surface area contributed by atoms with E-state index in [2.05, 4.69) is 5.32 Å². The molecule has 1 saturated heterocycles. The van der Waals surface area contributed by atoms with Gasteiger partial charge in [0.15, 0.2) is 6.61 Å². The van der Waals surface area contributed by atoms with Gasteiger partial charge in [0, 0.05) is 24.0 Å². The van der Waals surface area contributed by atoms with Crippen LogP contribution in [0.1, 0.15) is 46.9 Å². The van der Waals surface area contributed by atoms with Gasteiger partial charge in [0.1, 0.15) is 10.6 Å². The van der Waals surface area contributed by atoms with Crippen molar-refractivity contribution < 1.29 is 32.3 Å². The Bertz CT molecular complexity index is 1390. The van der Waals surface area contributed by atoms with Crippen LogP contribution in [0, 0.1) is 0 Å². The van der Waals surface area contributed by atoms with Crippen LogP contribution in [0.15, 0.2) is 64.9 Å². The number of anilines is 1. The first-order valence-electron chi connectivity index (χ1n) is 12.2. The Labute approximate surface area is 225 Å². The molecule has 38 heavy (non-hydrogen) atoms. The van der Waals surface area contributed by atoms with Crippen LogP contribution >= 0.6 is 11.3 Å². The number of hydrogen-bond donors (Lipinski definition) is 1. The largest absolute Gasteiger partial charge is 0.462 e. The average molecular weight is 557 g/mol. The molecule has 0 bridgehead atoms. The maximum Gasteiger partial charge on any atom is 0.341 e. The zero-order valence-corrected chi connectivity index (χ0v) is 22.5. The van der Waals surface area contributed by atoms with E-state index in [1.807, 2.05) is 30.3 Å². The lowest BCUT2D eigenvalue weighted by Gasteiger charge is -2.25. The van der Waals surface area contributed by atoms with Crippen molar-refractivity contribution in [3.63, 3.8) is 0 Å². The van der Waals surface area contributed by atoms with Gasteiger partial charge in [0.2, 0.25) is 10.0 Å². The second-order valence-electron chi connectivity index (χ2n) is 8.55. The molecule has 0 spiro atoms. The maximum absolute atomic E-state index is 12.8. The highest BCUT2D eigenvalue weighted by atomic mass is 32.2. The Hall–Kier alpha value is -3.54. The number of carbonyl (C=O) groups is 3. The van der Waals surface area contributed by atoms with Gasteiger partial charge in [-0.05, 0) is 49.6 Å². The zero-order valence-electron chi connectivity index (χ0n) is 20.8. The fourth-order valence-corrected chi connectivity index (χ4v) is 6.57. The van der Waals surface area contributed by atoms with Crippen LogP contribution in [-0.2, 0) is 24.3 Å². The van der Waals surface area contributed by atoms with Crippen LogP contribution in [0.25, 0.3) is 11.1 Å². The molecule has 1 aliphatic rings. The molecule has 1 fully saturated rings. The second kappa shape index (κ2) is 12.3. The van der Waals surface area contributed by atoms with E-state index >= 15 is 0 Å². The van der Waals surface area contributed by atoms with Crippen molar-refractivity contribution in [1.29, 1.82) is 0 Å². The molecule has 1 amide bonds. The summed E-state index contributed by atoms with van der Waals surface area (Å²) in [5, 5.41) is 4.67. The van der Waals surface area contributed by atoms with E-state index in [-0.39, 0.29) is 27.6 Å². The Morgan fingerprint density at radius 2 is 1.61 bits per heavy atom. The van der Waals surface area contributed by atoms with Gasteiger partial charge in [0.05, 0.1) is 17.1 Å². The van der Waals surface area contributed by atoms with E-state index in [9.17, 15) is 22.8 Å². The van der Waals surface area contributed by atoms with Crippen LogP contribution in [0.2, 0.25) is 0 Å². The molecule has 0 unspecified atom stereocenters. The smallest absolute Gasteiger partial charge is 0.341 e. The molecule has 9 nitrogen and oxygen atoms in total. The quantitative estimate of drug-likeness (QED) is 0.384. The molecule has 0 aliphatic carbocycles. The standard InChI is InChI=1S/C27H28N2O7S2/c1-2-35-27(32)24-22(19-9-5-3-6-10-19)18-37-25(24)28-23(30)17-36-26(31)20-11-13-21(14-12-20)38(33,34)29-15-7-4-8-16-29/h3,5-6,9-14,18H,2,4,7-8,15-17H2,1H3,(H,28,30). The van der Waals surface area contributed by atoms with Crippen molar-refractivity contribution >= 4 is 44.2 Å². The third-order valence-electron chi connectivity index (χ3n) is 5.99. The van der Waals surface area contributed by atoms with E-state index in [1.165, 1.54) is 39.9 Å². The summed E-state index contributed by atoms with van der Waals surface area (Å²) < 4.78 is 37.3. The summed E-state index contributed by atoms with van der Waals surface area (Å²) in [5.41, 5.74) is 1.77. The molecule has 4 rings (SSSR count). The van der Waals surface area contributed by atoms with Crippen LogP contribution < -0.4 is 5.32 Å². The highest BCUT2D eigenvalue weighted by Crippen LogP contribution is 2.36. The summed E-state index contributed by atoms with van der Waals surface area (Å²) in [6, 6.07) is 14.7. The third kappa shape index (κ3) is 6.29. The number of amides is 1. The summed E-state index contributed by atoms with van der Waals surface area (Å²) in [7, 11) is -3.62. The molecule has 200 valence electrons. The molecular formula is C27H28N2O7S2. The number of rotatable bonds is 9. The highest BCUT2D eigenvalue weighted by molar-refractivity contribution is 7.89. The van der Waals surface area contributed by atoms with Gasteiger partial charge in [-0.15, -0.1) is 11.3 Å². The molecule has 2 aromatic carbocycles. The first-order valence-corrected chi connectivity index (χ1v) is 14.5. The predicted octanol–water partition coefficient (Wildman–Crippen LogP) is 4.56. The number of nitrogens with one attached hydrogen (secondary N) is 1. The van der Waals surface area contributed by atoms with Crippen molar-refractivity contribution in [2.75, 3.05) is 31.6 Å². The highest BCUT2D eigenvalue weighted by Gasteiger charge is 2.26. The summed E-state index contributed by atoms with van der Waals surface area (Å²) in [5.74, 6) is -1.97. The molecular weight excluding hydrogens is 528 g/mol. The number of esters is 2. The molecule has 1 aliphatic heterocycles. The monoisotopic (exact) mass is 556 g/mol. The molecule has 2 heterocycles. The van der Waals surface area contributed by atoms with Crippen LogP contribution in [0.3, 0.4) is 0 Å². The first-order chi connectivity index (χ1) is 18.3. The van der Waals surface area contributed by atoms with Crippen molar-refractivity contribution in [3.8, 4) is 11.1 Å². The van der Waals surface area contributed by atoms with E-state index < -0.39 is 34.5 Å². The molecule has 11 heteroatoms.